The van der Waals surface area contributed by atoms with Gasteiger partial charge in [-0.2, -0.15) is 15.1 Å². The van der Waals surface area contributed by atoms with Crippen molar-refractivity contribution in [3.63, 3.8) is 0 Å². The third-order valence-electron chi connectivity index (χ3n) is 7.98. The molecule has 0 amide bonds. The van der Waals surface area contributed by atoms with E-state index < -0.39 is 55.5 Å². The number of nitrogen functional groups attached to an aromatic ring is 1. The van der Waals surface area contributed by atoms with Gasteiger partial charge in [0.05, 0.1) is 12.4 Å². The fraction of sp³-hybridized carbons (Fsp3) is 0.556. The Hall–Kier alpha value is -3.33. The van der Waals surface area contributed by atoms with E-state index in [-0.39, 0.29) is 11.7 Å². The monoisotopic (exact) mass is 617 g/mol. The zero-order valence-corrected chi connectivity index (χ0v) is 25.3. The molecule has 3 aliphatic rings. The molecule has 2 aliphatic carbocycles. The number of para-hydroxylation sites is 1. The van der Waals surface area contributed by atoms with Gasteiger partial charge in [-0.15, -0.1) is 0 Å². The number of nitrogens with zero attached hydrogens (tertiary/aromatic N) is 5. The predicted octanol–water partition coefficient (Wildman–Crippen LogP) is 1.90. The number of anilines is 2. The van der Waals surface area contributed by atoms with Crippen LogP contribution in [0.15, 0.2) is 36.7 Å². The van der Waals surface area contributed by atoms with Gasteiger partial charge in [0.15, 0.2) is 28.8 Å². The van der Waals surface area contributed by atoms with E-state index >= 15 is 0 Å². The maximum Gasteiger partial charge on any atom is 0.459 e. The van der Waals surface area contributed by atoms with E-state index in [1.54, 1.807) is 44.2 Å². The lowest BCUT2D eigenvalue weighted by atomic mass is 9.95. The summed E-state index contributed by atoms with van der Waals surface area (Å²) >= 11 is 0. The molecular formula is C27H36N7O8P. The fourth-order valence-corrected chi connectivity index (χ4v) is 7.15. The van der Waals surface area contributed by atoms with Gasteiger partial charge in [-0.3, -0.25) is 13.9 Å². The first-order chi connectivity index (χ1) is 20.2. The standard InChI is InChI=1S/C27H36N7O8P/c1-14(2)39-23(35)15(3)32-43(38,41-17-9-7-6-8-10-17)42-20-19-27(20,37)26(4,36)24(40-19)34-13-29-18-21(33(5)16-11-12-16)30-25(28)31-22(18)34/h6-10,13-16,19-20,24,36-37H,11-12H2,1-5H3,(H,32,38)(H2,28,30,31)/t15-,19-,20?,24-,26+,27+,43-/m1/s1. The fourth-order valence-electron chi connectivity index (χ4n) is 5.45. The van der Waals surface area contributed by atoms with Crippen molar-refractivity contribution in [3.8, 4) is 5.75 Å². The number of benzene rings is 1. The molecule has 43 heavy (non-hydrogen) atoms. The number of hydrogen-bond acceptors (Lipinski definition) is 13. The first kappa shape index (κ1) is 29.7. The molecule has 15 nitrogen and oxygen atoms in total. The number of esters is 1. The summed E-state index contributed by atoms with van der Waals surface area (Å²) in [5.74, 6) is 0.102. The molecule has 7 atom stereocenters. The summed E-state index contributed by atoms with van der Waals surface area (Å²) in [4.78, 5) is 27.7. The lowest BCUT2D eigenvalue weighted by Crippen LogP contribution is -2.49. The smallest absolute Gasteiger partial charge is 0.459 e. The SMILES string of the molecule is CC(C)OC(=O)[C@@H](C)N[P@@](=O)(Oc1ccccc1)OC1[C@H]2O[C@@H](n3cnc4c(N(C)C5CC5)nc(N)nc43)[C@](C)(O)[C@@]12O. The maximum absolute atomic E-state index is 14.0. The van der Waals surface area contributed by atoms with Gasteiger partial charge >= 0.3 is 13.7 Å². The summed E-state index contributed by atoms with van der Waals surface area (Å²) in [6.45, 7) is 6.21. The summed E-state index contributed by atoms with van der Waals surface area (Å²) in [7, 11) is -2.44. The molecule has 0 spiro atoms. The van der Waals surface area contributed by atoms with E-state index in [9.17, 15) is 19.6 Å². The zero-order valence-electron chi connectivity index (χ0n) is 24.4. The van der Waals surface area contributed by atoms with Gasteiger partial charge in [0, 0.05) is 13.1 Å². The van der Waals surface area contributed by atoms with Crippen molar-refractivity contribution in [1.29, 1.82) is 0 Å². The second kappa shape index (κ2) is 10.4. The normalized spacial score (nSPS) is 30.1. The van der Waals surface area contributed by atoms with E-state index in [0.717, 1.165) is 12.8 Å². The minimum atomic E-state index is -4.35. The van der Waals surface area contributed by atoms with Gasteiger partial charge < -0.3 is 34.8 Å². The van der Waals surface area contributed by atoms with E-state index in [4.69, 9.17) is 24.3 Å². The summed E-state index contributed by atoms with van der Waals surface area (Å²) < 4.78 is 38.4. The molecule has 3 fully saturated rings. The topological polar surface area (TPSA) is 196 Å². The zero-order chi connectivity index (χ0) is 30.9. The molecule has 5 N–H and O–H groups in total. The quantitative estimate of drug-likeness (QED) is 0.180. The van der Waals surface area contributed by atoms with Gasteiger partial charge in [0.25, 0.3) is 0 Å². The number of fused-ring (bicyclic) bond motifs is 2. The highest BCUT2D eigenvalue weighted by Crippen LogP contribution is 2.65. The highest BCUT2D eigenvalue weighted by atomic mass is 31.2. The van der Waals surface area contributed by atoms with Crippen LogP contribution >= 0.6 is 7.75 Å². The highest BCUT2D eigenvalue weighted by molar-refractivity contribution is 7.52. The van der Waals surface area contributed by atoms with Gasteiger partial charge in [-0.1, -0.05) is 18.2 Å². The molecule has 3 aromatic rings. The molecule has 1 unspecified atom stereocenters. The minimum absolute atomic E-state index is 0.0228. The van der Waals surface area contributed by atoms with Crippen LogP contribution in [0.1, 0.15) is 46.8 Å². The largest absolute Gasteiger partial charge is 0.462 e. The summed E-state index contributed by atoms with van der Waals surface area (Å²) in [5.41, 5.74) is 2.85. The lowest BCUT2D eigenvalue weighted by Gasteiger charge is -2.33. The Bertz CT molecular complexity index is 1580. The number of nitrogens with one attached hydrogen (secondary N) is 1. The number of nitrogens with two attached hydrogens (primary N) is 1. The van der Waals surface area contributed by atoms with Gasteiger partial charge in [-0.05, 0) is 52.7 Å². The van der Waals surface area contributed by atoms with Crippen LogP contribution in [0.4, 0.5) is 11.8 Å². The summed E-state index contributed by atoms with van der Waals surface area (Å²) in [6, 6.07) is 7.46. The molecular weight excluding hydrogens is 581 g/mol. The summed E-state index contributed by atoms with van der Waals surface area (Å²) in [5, 5.41) is 26.0. The Balaban J connectivity index is 1.26. The number of carbonyl (C=O) groups excluding carboxylic acids is 1. The van der Waals surface area contributed by atoms with Gasteiger partial charge in [0.1, 0.15) is 29.6 Å². The molecule has 2 aromatic heterocycles. The maximum atomic E-state index is 14.0. The molecule has 232 valence electrons. The number of ether oxygens (including phenoxy) is 2. The average Bonchev–Trinajstić information content (AvgIpc) is 3.81. The molecule has 16 heteroatoms. The first-order valence-electron chi connectivity index (χ1n) is 14.1. The summed E-state index contributed by atoms with van der Waals surface area (Å²) in [6.07, 6.45) is -0.430. The second-order valence-electron chi connectivity index (χ2n) is 11.7. The van der Waals surface area contributed by atoms with Crippen LogP contribution in [0, 0.1) is 0 Å². The Morgan fingerprint density at radius 1 is 1.23 bits per heavy atom. The van der Waals surface area contributed by atoms with Crippen LogP contribution in [0.3, 0.4) is 0 Å². The number of aliphatic hydroxyl groups is 2. The number of aromatic nitrogens is 4. The molecule has 6 rings (SSSR count). The van der Waals surface area contributed by atoms with Crippen LogP contribution in [0.25, 0.3) is 11.2 Å². The van der Waals surface area contributed by atoms with Crippen molar-refractivity contribution in [2.24, 2.45) is 0 Å². The Labute approximate surface area is 247 Å². The van der Waals surface area contributed by atoms with E-state index in [2.05, 4.69) is 20.0 Å². The molecule has 0 bridgehead atoms. The molecule has 1 aromatic carbocycles. The van der Waals surface area contributed by atoms with Crippen molar-refractivity contribution in [3.05, 3.63) is 36.7 Å². The minimum Gasteiger partial charge on any atom is -0.462 e. The van der Waals surface area contributed by atoms with Crippen LogP contribution < -0.4 is 20.2 Å². The second-order valence-corrected chi connectivity index (χ2v) is 13.4. The highest BCUT2D eigenvalue weighted by Gasteiger charge is 2.84. The number of hydrogen-bond donors (Lipinski definition) is 4. The van der Waals surface area contributed by atoms with E-state index in [1.165, 1.54) is 24.7 Å². The Morgan fingerprint density at radius 3 is 2.53 bits per heavy atom. The van der Waals surface area contributed by atoms with Crippen LogP contribution in [0.5, 0.6) is 5.75 Å². The molecule has 3 heterocycles. The van der Waals surface area contributed by atoms with Crippen molar-refractivity contribution in [2.45, 2.75) is 88.4 Å². The Kier molecular flexibility index (Phi) is 7.18. The number of carbonyl (C=O) groups is 1. The van der Waals surface area contributed by atoms with Crippen molar-refractivity contribution < 1.29 is 38.1 Å². The van der Waals surface area contributed by atoms with Crippen molar-refractivity contribution >= 4 is 36.6 Å². The van der Waals surface area contributed by atoms with Gasteiger partial charge in [-0.25, -0.2) is 9.55 Å². The van der Waals surface area contributed by atoms with Crippen molar-refractivity contribution in [1.82, 2.24) is 24.6 Å². The third kappa shape index (κ3) is 5.13. The van der Waals surface area contributed by atoms with Crippen LogP contribution in [0.2, 0.25) is 0 Å². The van der Waals surface area contributed by atoms with Crippen LogP contribution in [-0.2, 0) is 23.4 Å². The number of imidazole rings is 1. The molecule has 2 saturated carbocycles. The van der Waals surface area contributed by atoms with E-state index in [0.29, 0.717) is 23.0 Å². The molecule has 1 saturated heterocycles. The van der Waals surface area contributed by atoms with Crippen LogP contribution in [-0.4, -0.2) is 84.3 Å². The predicted molar refractivity (Wildman–Crippen MR) is 154 cm³/mol. The molecule has 1 aliphatic heterocycles. The number of rotatable bonds is 11. The lowest BCUT2D eigenvalue weighted by molar-refractivity contribution is -0.155. The Morgan fingerprint density at radius 2 is 1.93 bits per heavy atom. The van der Waals surface area contributed by atoms with Gasteiger partial charge in [0.2, 0.25) is 5.95 Å². The average molecular weight is 618 g/mol. The van der Waals surface area contributed by atoms with Crippen molar-refractivity contribution in [2.75, 3.05) is 17.7 Å². The molecule has 0 radical (unpaired) electrons. The third-order valence-corrected chi connectivity index (χ3v) is 9.64. The van der Waals surface area contributed by atoms with E-state index in [1.807, 2.05) is 11.9 Å². The first-order valence-corrected chi connectivity index (χ1v) is 15.6.